The molecule has 19 heavy (non-hydrogen) atoms. The number of halogens is 1. The quantitative estimate of drug-likeness (QED) is 0.889. The van der Waals surface area contributed by atoms with Crippen molar-refractivity contribution in [2.45, 2.75) is 25.8 Å². The maximum absolute atomic E-state index is 11.8. The largest absolute Gasteiger partial charge is 0.378 e. The van der Waals surface area contributed by atoms with Crippen LogP contribution in [0.15, 0.2) is 24.3 Å². The van der Waals surface area contributed by atoms with Crippen LogP contribution in [0.3, 0.4) is 0 Å². The average Bonchev–Trinajstić information content (AvgIpc) is 2.40. The first-order valence-corrected chi connectivity index (χ1v) is 6.48. The fourth-order valence-electron chi connectivity index (χ4n) is 2.01. The minimum Gasteiger partial charge on any atom is -0.378 e. The van der Waals surface area contributed by atoms with Gasteiger partial charge in [-0.25, -0.2) is 0 Å². The third-order valence-corrected chi connectivity index (χ3v) is 3.08. The van der Waals surface area contributed by atoms with Crippen molar-refractivity contribution in [3.8, 4) is 0 Å². The van der Waals surface area contributed by atoms with Crippen molar-refractivity contribution in [1.82, 2.24) is 5.32 Å². The number of hydrogen-bond donors (Lipinski definition) is 2. The van der Waals surface area contributed by atoms with E-state index in [9.17, 15) is 4.79 Å². The number of aryl methyl sites for hydroxylation is 1. The SMILES string of the molecule is CCc1ccc(NC(=O)CC2COCCN2)cc1.Cl. The van der Waals surface area contributed by atoms with Gasteiger partial charge in [-0.15, -0.1) is 12.4 Å². The van der Waals surface area contributed by atoms with Gasteiger partial charge < -0.3 is 15.4 Å². The zero-order valence-electron chi connectivity index (χ0n) is 11.1. The highest BCUT2D eigenvalue weighted by Gasteiger charge is 2.16. The second-order valence-electron chi connectivity index (χ2n) is 4.53. The molecule has 1 heterocycles. The number of ether oxygens (including phenoxy) is 1. The van der Waals surface area contributed by atoms with Crippen molar-refractivity contribution in [3.05, 3.63) is 29.8 Å². The van der Waals surface area contributed by atoms with Crippen molar-refractivity contribution < 1.29 is 9.53 Å². The molecule has 0 aromatic heterocycles. The van der Waals surface area contributed by atoms with E-state index in [1.165, 1.54) is 5.56 Å². The van der Waals surface area contributed by atoms with Gasteiger partial charge in [0.1, 0.15) is 0 Å². The standard InChI is InChI=1S/C14H20N2O2.ClH/c1-2-11-3-5-12(6-4-11)16-14(17)9-13-10-18-8-7-15-13;/h3-6,13,15H,2,7-10H2,1H3,(H,16,17);1H. The van der Waals surface area contributed by atoms with Gasteiger partial charge in [0.15, 0.2) is 0 Å². The Morgan fingerprint density at radius 3 is 2.74 bits per heavy atom. The predicted molar refractivity (Wildman–Crippen MR) is 78.9 cm³/mol. The van der Waals surface area contributed by atoms with Crippen LogP contribution in [0.1, 0.15) is 18.9 Å². The third kappa shape index (κ3) is 5.19. The molecule has 1 aromatic rings. The van der Waals surface area contributed by atoms with Gasteiger partial charge in [-0.05, 0) is 24.1 Å². The summed E-state index contributed by atoms with van der Waals surface area (Å²) in [6.45, 7) is 4.28. The molecule has 1 aliphatic rings. The van der Waals surface area contributed by atoms with Gasteiger partial charge in [0, 0.05) is 24.7 Å². The number of nitrogens with one attached hydrogen (secondary N) is 2. The van der Waals surface area contributed by atoms with Gasteiger partial charge in [-0.3, -0.25) is 4.79 Å². The van der Waals surface area contributed by atoms with E-state index in [2.05, 4.69) is 17.6 Å². The van der Waals surface area contributed by atoms with Gasteiger partial charge in [0.25, 0.3) is 0 Å². The third-order valence-electron chi connectivity index (χ3n) is 3.08. The number of anilines is 1. The summed E-state index contributed by atoms with van der Waals surface area (Å²) in [6, 6.07) is 8.10. The molecule has 0 spiro atoms. The monoisotopic (exact) mass is 284 g/mol. The predicted octanol–water partition coefficient (Wildman–Crippen LogP) is 1.99. The van der Waals surface area contributed by atoms with Crippen molar-refractivity contribution in [3.63, 3.8) is 0 Å². The van der Waals surface area contributed by atoms with Gasteiger partial charge in [-0.2, -0.15) is 0 Å². The van der Waals surface area contributed by atoms with E-state index in [0.29, 0.717) is 13.0 Å². The Balaban J connectivity index is 0.00000180. The minimum absolute atomic E-state index is 0. The van der Waals surface area contributed by atoms with Crippen LogP contribution in [0, 0.1) is 0 Å². The van der Waals surface area contributed by atoms with E-state index in [0.717, 1.165) is 25.3 Å². The molecule has 1 aromatic carbocycles. The van der Waals surface area contributed by atoms with Crippen LogP contribution in [0.5, 0.6) is 0 Å². The van der Waals surface area contributed by atoms with Crippen LogP contribution in [0.25, 0.3) is 0 Å². The molecule has 0 radical (unpaired) electrons. The smallest absolute Gasteiger partial charge is 0.226 e. The maximum Gasteiger partial charge on any atom is 0.226 e. The number of hydrogen-bond acceptors (Lipinski definition) is 3. The molecule has 0 aliphatic carbocycles. The second-order valence-corrected chi connectivity index (χ2v) is 4.53. The summed E-state index contributed by atoms with van der Waals surface area (Å²) in [7, 11) is 0. The zero-order chi connectivity index (χ0) is 12.8. The highest BCUT2D eigenvalue weighted by atomic mass is 35.5. The Kier molecular flexibility index (Phi) is 6.84. The number of benzene rings is 1. The van der Waals surface area contributed by atoms with E-state index in [1.807, 2.05) is 24.3 Å². The van der Waals surface area contributed by atoms with Crippen LogP contribution >= 0.6 is 12.4 Å². The van der Waals surface area contributed by atoms with Crippen molar-refractivity contribution in [2.75, 3.05) is 25.1 Å². The molecule has 2 rings (SSSR count). The topological polar surface area (TPSA) is 50.4 Å². The molecular weight excluding hydrogens is 264 g/mol. The summed E-state index contributed by atoms with van der Waals surface area (Å²) >= 11 is 0. The first-order valence-electron chi connectivity index (χ1n) is 6.48. The molecule has 0 bridgehead atoms. The lowest BCUT2D eigenvalue weighted by Gasteiger charge is -2.23. The fraction of sp³-hybridized carbons (Fsp3) is 0.500. The first kappa shape index (κ1) is 16.0. The second kappa shape index (κ2) is 8.15. The lowest BCUT2D eigenvalue weighted by molar-refractivity contribution is -0.117. The molecule has 1 aliphatic heterocycles. The summed E-state index contributed by atoms with van der Waals surface area (Å²) in [5.74, 6) is 0.0299. The van der Waals surface area contributed by atoms with Crippen molar-refractivity contribution >= 4 is 24.0 Å². The molecule has 4 nitrogen and oxygen atoms in total. The molecule has 1 amide bonds. The fourth-order valence-corrected chi connectivity index (χ4v) is 2.01. The highest BCUT2D eigenvalue weighted by Crippen LogP contribution is 2.11. The van der Waals surface area contributed by atoms with E-state index >= 15 is 0 Å². The number of rotatable bonds is 4. The van der Waals surface area contributed by atoms with E-state index < -0.39 is 0 Å². The summed E-state index contributed by atoms with van der Waals surface area (Å²) in [5.41, 5.74) is 2.13. The molecule has 1 atom stereocenters. The highest BCUT2D eigenvalue weighted by molar-refractivity contribution is 5.91. The van der Waals surface area contributed by atoms with Gasteiger partial charge >= 0.3 is 0 Å². The summed E-state index contributed by atoms with van der Waals surface area (Å²) in [6.07, 6.45) is 1.47. The van der Waals surface area contributed by atoms with Crippen LogP contribution in [-0.2, 0) is 16.0 Å². The number of morpholine rings is 1. The molecule has 2 N–H and O–H groups in total. The number of carbonyl (C=O) groups excluding carboxylic acids is 1. The van der Waals surface area contributed by atoms with Crippen LogP contribution < -0.4 is 10.6 Å². The molecule has 106 valence electrons. The van der Waals surface area contributed by atoms with Crippen LogP contribution in [0.4, 0.5) is 5.69 Å². The Bertz CT molecular complexity index is 389. The Labute approximate surface area is 120 Å². The lowest BCUT2D eigenvalue weighted by Crippen LogP contribution is -2.43. The van der Waals surface area contributed by atoms with Crippen LogP contribution in [0.2, 0.25) is 0 Å². The lowest BCUT2D eigenvalue weighted by atomic mass is 10.1. The molecular formula is C14H21ClN2O2. The minimum atomic E-state index is 0. The van der Waals surface area contributed by atoms with Crippen molar-refractivity contribution in [1.29, 1.82) is 0 Å². The Morgan fingerprint density at radius 1 is 1.42 bits per heavy atom. The first-order chi connectivity index (χ1) is 8.78. The summed E-state index contributed by atoms with van der Waals surface area (Å²) < 4.78 is 5.32. The molecule has 5 heteroatoms. The Hall–Kier alpha value is -1.10. The van der Waals surface area contributed by atoms with E-state index in [-0.39, 0.29) is 24.4 Å². The maximum atomic E-state index is 11.8. The van der Waals surface area contributed by atoms with Gasteiger partial charge in [0.05, 0.1) is 13.2 Å². The summed E-state index contributed by atoms with van der Waals surface area (Å²) in [4.78, 5) is 11.8. The van der Waals surface area contributed by atoms with Gasteiger partial charge in [-0.1, -0.05) is 19.1 Å². The van der Waals surface area contributed by atoms with E-state index in [1.54, 1.807) is 0 Å². The Morgan fingerprint density at radius 2 is 2.16 bits per heavy atom. The molecule has 1 fully saturated rings. The average molecular weight is 285 g/mol. The van der Waals surface area contributed by atoms with Crippen molar-refractivity contribution in [2.24, 2.45) is 0 Å². The normalized spacial score (nSPS) is 18.5. The molecule has 1 unspecified atom stereocenters. The van der Waals surface area contributed by atoms with Crippen LogP contribution in [-0.4, -0.2) is 31.7 Å². The number of carbonyl (C=O) groups is 1. The molecule has 0 saturated carbocycles. The van der Waals surface area contributed by atoms with Gasteiger partial charge in [0.2, 0.25) is 5.91 Å². The number of amides is 1. The molecule has 1 saturated heterocycles. The van der Waals surface area contributed by atoms with E-state index in [4.69, 9.17) is 4.74 Å². The summed E-state index contributed by atoms with van der Waals surface area (Å²) in [5, 5.41) is 6.17. The zero-order valence-corrected chi connectivity index (χ0v) is 12.0.